The number of rotatable bonds is 2. The largest absolute Gasteiger partial charge is 0.453 e. The molecule has 0 aliphatic heterocycles. The van der Waals surface area contributed by atoms with Crippen LogP contribution >= 0.6 is 0 Å². The number of nitrogens with zero attached hydrogens (tertiary/aromatic N) is 2. The quantitative estimate of drug-likeness (QED) is 0.773. The number of carbonyl (C=O) groups is 1. The molecular formula is C14H11N3O3. The maximum absolute atomic E-state index is 11.2. The van der Waals surface area contributed by atoms with E-state index >= 15 is 0 Å². The van der Waals surface area contributed by atoms with Gasteiger partial charge < -0.3 is 9.15 Å². The van der Waals surface area contributed by atoms with Crippen molar-refractivity contribution in [1.29, 1.82) is 0 Å². The molecule has 0 spiro atoms. The molecule has 6 nitrogen and oxygen atoms in total. The molecule has 0 unspecified atom stereocenters. The number of oxazole rings is 1. The first-order chi connectivity index (χ1) is 9.76. The number of methoxy groups -OCH3 is 1. The van der Waals surface area contributed by atoms with Crippen molar-refractivity contribution in [3.05, 3.63) is 42.7 Å². The highest BCUT2D eigenvalue weighted by Gasteiger charge is 2.09. The number of amides is 1. The Labute approximate surface area is 114 Å². The zero-order valence-electron chi connectivity index (χ0n) is 10.7. The lowest BCUT2D eigenvalue weighted by Crippen LogP contribution is -2.10. The van der Waals surface area contributed by atoms with E-state index in [0.717, 1.165) is 5.56 Å². The van der Waals surface area contributed by atoms with Crippen molar-refractivity contribution in [3.8, 4) is 11.5 Å². The number of benzene rings is 1. The molecule has 2 aromatic heterocycles. The van der Waals surface area contributed by atoms with Gasteiger partial charge in [0.15, 0.2) is 5.58 Å². The average Bonchev–Trinajstić information content (AvgIpc) is 2.91. The number of nitrogens with one attached hydrogen (secondary N) is 1. The Morgan fingerprint density at radius 2 is 2.25 bits per heavy atom. The van der Waals surface area contributed by atoms with Gasteiger partial charge in [-0.25, -0.2) is 9.78 Å². The van der Waals surface area contributed by atoms with Crippen LogP contribution in [0.4, 0.5) is 10.5 Å². The van der Waals surface area contributed by atoms with Gasteiger partial charge >= 0.3 is 6.09 Å². The molecule has 0 saturated heterocycles. The first kappa shape index (κ1) is 12.2. The fourth-order valence-electron chi connectivity index (χ4n) is 1.79. The highest BCUT2D eigenvalue weighted by atomic mass is 16.5. The van der Waals surface area contributed by atoms with Crippen LogP contribution in [0, 0.1) is 0 Å². The lowest BCUT2D eigenvalue weighted by atomic mass is 10.3. The van der Waals surface area contributed by atoms with E-state index in [0.29, 0.717) is 22.7 Å². The van der Waals surface area contributed by atoms with Gasteiger partial charge in [-0.3, -0.25) is 10.3 Å². The van der Waals surface area contributed by atoms with Gasteiger partial charge in [-0.1, -0.05) is 0 Å². The Morgan fingerprint density at radius 3 is 3.00 bits per heavy atom. The smallest absolute Gasteiger partial charge is 0.411 e. The second kappa shape index (κ2) is 5.00. The SMILES string of the molecule is COC(=O)Nc1ccc2oc(-c3cccnc3)nc2c1. The topological polar surface area (TPSA) is 77.2 Å². The van der Waals surface area contributed by atoms with Gasteiger partial charge in [0.1, 0.15) is 5.52 Å². The Morgan fingerprint density at radius 1 is 1.35 bits per heavy atom. The van der Waals surface area contributed by atoms with Crippen molar-refractivity contribution >= 4 is 22.9 Å². The minimum atomic E-state index is -0.527. The Balaban J connectivity index is 1.97. The molecule has 0 aliphatic rings. The van der Waals surface area contributed by atoms with Gasteiger partial charge in [-0.15, -0.1) is 0 Å². The molecule has 20 heavy (non-hydrogen) atoms. The number of pyridine rings is 1. The molecule has 3 aromatic rings. The molecule has 100 valence electrons. The van der Waals surface area contributed by atoms with Crippen LogP contribution in [0.25, 0.3) is 22.6 Å². The number of ether oxygens (including phenoxy) is 1. The van der Waals surface area contributed by atoms with E-state index in [2.05, 4.69) is 20.0 Å². The summed E-state index contributed by atoms with van der Waals surface area (Å²) in [6.45, 7) is 0. The first-order valence-corrected chi connectivity index (χ1v) is 5.92. The summed E-state index contributed by atoms with van der Waals surface area (Å²) in [5.41, 5.74) is 2.68. The lowest BCUT2D eigenvalue weighted by molar-refractivity contribution is 0.187. The Bertz CT molecular complexity index is 753. The predicted molar refractivity (Wildman–Crippen MR) is 73.3 cm³/mol. The predicted octanol–water partition coefficient (Wildman–Crippen LogP) is 3.07. The fourth-order valence-corrected chi connectivity index (χ4v) is 1.79. The minimum absolute atomic E-state index is 0.489. The zero-order valence-corrected chi connectivity index (χ0v) is 10.7. The van der Waals surface area contributed by atoms with E-state index in [9.17, 15) is 4.79 Å². The summed E-state index contributed by atoms with van der Waals surface area (Å²) in [4.78, 5) is 19.6. The summed E-state index contributed by atoms with van der Waals surface area (Å²) in [5.74, 6) is 0.489. The Kier molecular flexibility index (Phi) is 3.04. The highest BCUT2D eigenvalue weighted by Crippen LogP contribution is 2.25. The molecule has 0 aliphatic carbocycles. The molecule has 1 N–H and O–H groups in total. The summed E-state index contributed by atoms with van der Waals surface area (Å²) in [6.07, 6.45) is 2.84. The summed E-state index contributed by atoms with van der Waals surface area (Å²) < 4.78 is 10.2. The van der Waals surface area contributed by atoms with Gasteiger partial charge in [0.2, 0.25) is 5.89 Å². The number of carbonyl (C=O) groups excluding carboxylic acids is 1. The number of anilines is 1. The van der Waals surface area contributed by atoms with Crippen molar-refractivity contribution in [2.24, 2.45) is 0 Å². The van der Waals surface area contributed by atoms with Crippen molar-refractivity contribution in [3.63, 3.8) is 0 Å². The monoisotopic (exact) mass is 269 g/mol. The third-order valence-electron chi connectivity index (χ3n) is 2.73. The van der Waals surface area contributed by atoms with Crippen LogP contribution in [-0.2, 0) is 4.74 Å². The van der Waals surface area contributed by atoms with Crippen LogP contribution in [0.1, 0.15) is 0 Å². The van der Waals surface area contributed by atoms with E-state index in [1.54, 1.807) is 30.6 Å². The van der Waals surface area contributed by atoms with E-state index in [1.165, 1.54) is 7.11 Å². The molecule has 2 heterocycles. The number of fused-ring (bicyclic) bond motifs is 1. The number of hydrogen-bond acceptors (Lipinski definition) is 5. The van der Waals surface area contributed by atoms with Gasteiger partial charge in [-0.05, 0) is 30.3 Å². The second-order valence-electron chi connectivity index (χ2n) is 4.06. The van der Waals surface area contributed by atoms with Gasteiger partial charge in [-0.2, -0.15) is 0 Å². The summed E-state index contributed by atoms with van der Waals surface area (Å²) in [5, 5.41) is 2.58. The van der Waals surface area contributed by atoms with Crippen molar-refractivity contribution in [2.45, 2.75) is 0 Å². The molecule has 1 aromatic carbocycles. The molecular weight excluding hydrogens is 258 g/mol. The summed E-state index contributed by atoms with van der Waals surface area (Å²) in [6, 6.07) is 8.86. The van der Waals surface area contributed by atoms with Crippen molar-refractivity contribution in [1.82, 2.24) is 9.97 Å². The molecule has 1 amide bonds. The zero-order chi connectivity index (χ0) is 13.9. The normalized spacial score (nSPS) is 10.4. The van der Waals surface area contributed by atoms with Gasteiger partial charge in [0.25, 0.3) is 0 Å². The lowest BCUT2D eigenvalue weighted by Gasteiger charge is -2.01. The third-order valence-corrected chi connectivity index (χ3v) is 2.73. The molecule has 0 bridgehead atoms. The van der Waals surface area contributed by atoms with Crippen LogP contribution in [0.3, 0.4) is 0 Å². The van der Waals surface area contributed by atoms with Crippen LogP contribution in [0.15, 0.2) is 47.1 Å². The molecule has 0 radical (unpaired) electrons. The van der Waals surface area contributed by atoms with Gasteiger partial charge in [0.05, 0.1) is 12.7 Å². The summed E-state index contributed by atoms with van der Waals surface area (Å²) in [7, 11) is 1.31. The van der Waals surface area contributed by atoms with Crippen molar-refractivity contribution < 1.29 is 13.9 Å². The molecule has 3 rings (SSSR count). The Hall–Kier alpha value is -2.89. The highest BCUT2D eigenvalue weighted by molar-refractivity contribution is 5.88. The fraction of sp³-hybridized carbons (Fsp3) is 0.0714. The minimum Gasteiger partial charge on any atom is -0.453 e. The summed E-state index contributed by atoms with van der Waals surface area (Å²) >= 11 is 0. The van der Waals surface area contributed by atoms with Crippen LogP contribution in [0.2, 0.25) is 0 Å². The maximum Gasteiger partial charge on any atom is 0.411 e. The van der Waals surface area contributed by atoms with E-state index < -0.39 is 6.09 Å². The van der Waals surface area contributed by atoms with Gasteiger partial charge in [0, 0.05) is 18.1 Å². The third kappa shape index (κ3) is 2.31. The van der Waals surface area contributed by atoms with Crippen molar-refractivity contribution in [2.75, 3.05) is 12.4 Å². The van der Waals surface area contributed by atoms with Crippen LogP contribution < -0.4 is 5.32 Å². The maximum atomic E-state index is 11.2. The van der Waals surface area contributed by atoms with E-state index in [4.69, 9.17) is 4.42 Å². The number of aromatic nitrogens is 2. The standard InChI is InChI=1S/C14H11N3O3/c1-19-14(18)16-10-4-5-12-11(7-10)17-13(20-12)9-3-2-6-15-8-9/h2-8H,1H3,(H,16,18). The van der Waals surface area contributed by atoms with E-state index in [-0.39, 0.29) is 0 Å². The van der Waals surface area contributed by atoms with Crippen LogP contribution in [-0.4, -0.2) is 23.2 Å². The molecule has 0 fully saturated rings. The van der Waals surface area contributed by atoms with E-state index in [1.807, 2.05) is 12.1 Å². The average molecular weight is 269 g/mol. The van der Waals surface area contributed by atoms with Crippen LogP contribution in [0.5, 0.6) is 0 Å². The molecule has 0 atom stereocenters. The number of hydrogen-bond donors (Lipinski definition) is 1. The molecule has 0 saturated carbocycles. The first-order valence-electron chi connectivity index (χ1n) is 5.92. The second-order valence-corrected chi connectivity index (χ2v) is 4.06. The molecule has 6 heteroatoms.